The van der Waals surface area contributed by atoms with Crippen molar-refractivity contribution in [1.82, 2.24) is 4.90 Å². The van der Waals surface area contributed by atoms with Crippen molar-refractivity contribution in [3.8, 4) is 11.1 Å². The Bertz CT molecular complexity index is 1560. The van der Waals surface area contributed by atoms with Gasteiger partial charge in [-0.05, 0) is 77.7 Å². The number of nitrogens with zero attached hydrogens (tertiary/aromatic N) is 1. The van der Waals surface area contributed by atoms with E-state index in [1.54, 1.807) is 24.3 Å². The van der Waals surface area contributed by atoms with Crippen molar-refractivity contribution in [1.29, 1.82) is 0 Å². The van der Waals surface area contributed by atoms with Gasteiger partial charge in [-0.1, -0.05) is 30.3 Å². The molecule has 2 heterocycles. The van der Waals surface area contributed by atoms with Crippen LogP contribution < -0.4 is 10.6 Å². The van der Waals surface area contributed by atoms with E-state index in [0.717, 1.165) is 22.3 Å². The number of sulfone groups is 1. The molecule has 2 N–H and O–H groups in total. The summed E-state index contributed by atoms with van der Waals surface area (Å²) in [6.07, 6.45) is 1.45. The van der Waals surface area contributed by atoms with E-state index in [0.29, 0.717) is 36.6 Å². The van der Waals surface area contributed by atoms with Crippen LogP contribution in [0, 0.1) is 6.92 Å². The Morgan fingerprint density at radius 3 is 2.18 bits per heavy atom. The molecule has 9 heteroatoms. The number of aryl methyl sites for hydroxylation is 1. The lowest BCUT2D eigenvalue weighted by Gasteiger charge is -2.26. The summed E-state index contributed by atoms with van der Waals surface area (Å²) in [5, 5.41) is 5.77. The molecule has 0 unspecified atom stereocenters. The third-order valence-electron chi connectivity index (χ3n) is 6.75. The Morgan fingerprint density at radius 2 is 1.51 bits per heavy atom. The summed E-state index contributed by atoms with van der Waals surface area (Å²) in [4.78, 5) is 27.3. The molecule has 5 rings (SSSR count). The van der Waals surface area contributed by atoms with Crippen LogP contribution in [0.3, 0.4) is 0 Å². The first-order chi connectivity index (χ1) is 18.8. The van der Waals surface area contributed by atoms with Gasteiger partial charge in [0, 0.05) is 36.6 Å². The normalized spacial score (nSPS) is 15.0. The molecule has 1 aromatic heterocycles. The maximum atomic E-state index is 12.8. The number of anilines is 2. The van der Waals surface area contributed by atoms with Gasteiger partial charge < -0.3 is 15.1 Å². The SMILES string of the molecule is Cc1ccc(NC(=O)c2ccco2)cc1-c1ccc(C(=O)Nc2ccc(CN3CCS(=O)(=O)CC3)cc2)cc1. The van der Waals surface area contributed by atoms with Crippen molar-refractivity contribution >= 4 is 33.0 Å². The highest BCUT2D eigenvalue weighted by atomic mass is 32.2. The molecule has 1 aliphatic heterocycles. The minimum atomic E-state index is -2.90. The van der Waals surface area contributed by atoms with Crippen LogP contribution in [0.4, 0.5) is 11.4 Å². The van der Waals surface area contributed by atoms with E-state index in [9.17, 15) is 18.0 Å². The maximum Gasteiger partial charge on any atom is 0.291 e. The van der Waals surface area contributed by atoms with E-state index >= 15 is 0 Å². The van der Waals surface area contributed by atoms with Gasteiger partial charge in [-0.3, -0.25) is 14.5 Å². The Hall–Kier alpha value is -4.21. The molecule has 0 bridgehead atoms. The van der Waals surface area contributed by atoms with Gasteiger partial charge in [0.25, 0.3) is 11.8 Å². The molecule has 1 aliphatic rings. The fraction of sp³-hybridized carbons (Fsp3) is 0.200. The van der Waals surface area contributed by atoms with Crippen molar-refractivity contribution in [2.75, 3.05) is 35.2 Å². The second-order valence-corrected chi connectivity index (χ2v) is 11.9. The molecule has 4 aromatic rings. The zero-order valence-corrected chi connectivity index (χ0v) is 22.3. The number of carbonyl (C=O) groups excluding carboxylic acids is 2. The Labute approximate surface area is 227 Å². The molecule has 200 valence electrons. The highest BCUT2D eigenvalue weighted by Crippen LogP contribution is 2.27. The molecule has 0 saturated carbocycles. The molecule has 0 radical (unpaired) electrons. The number of hydrogen-bond donors (Lipinski definition) is 2. The Morgan fingerprint density at radius 1 is 0.846 bits per heavy atom. The lowest BCUT2D eigenvalue weighted by Crippen LogP contribution is -2.39. The average Bonchev–Trinajstić information content (AvgIpc) is 3.48. The molecule has 0 aliphatic carbocycles. The quantitative estimate of drug-likeness (QED) is 0.340. The van der Waals surface area contributed by atoms with Gasteiger partial charge in [0.2, 0.25) is 0 Å². The van der Waals surface area contributed by atoms with E-state index in [1.165, 1.54) is 6.26 Å². The van der Waals surface area contributed by atoms with Crippen LogP contribution in [-0.2, 0) is 16.4 Å². The highest BCUT2D eigenvalue weighted by molar-refractivity contribution is 7.91. The molecule has 8 nitrogen and oxygen atoms in total. The second-order valence-electron chi connectivity index (χ2n) is 9.62. The van der Waals surface area contributed by atoms with Crippen LogP contribution >= 0.6 is 0 Å². The first-order valence-electron chi connectivity index (χ1n) is 12.6. The van der Waals surface area contributed by atoms with Gasteiger partial charge in [0.15, 0.2) is 15.6 Å². The predicted octanol–water partition coefficient (Wildman–Crippen LogP) is 4.99. The average molecular weight is 544 g/mol. The minimum absolute atomic E-state index is 0.202. The van der Waals surface area contributed by atoms with E-state index in [4.69, 9.17) is 4.42 Å². The molecular formula is C30H29N3O5S. The third-order valence-corrected chi connectivity index (χ3v) is 8.36. The van der Waals surface area contributed by atoms with Crippen LogP contribution in [0.2, 0.25) is 0 Å². The van der Waals surface area contributed by atoms with Crippen molar-refractivity contribution in [2.24, 2.45) is 0 Å². The summed E-state index contributed by atoms with van der Waals surface area (Å²) in [5.74, 6) is 0.103. The Kier molecular flexibility index (Phi) is 7.63. The lowest BCUT2D eigenvalue weighted by atomic mass is 9.98. The third kappa shape index (κ3) is 6.63. The van der Waals surface area contributed by atoms with Gasteiger partial charge in [0.1, 0.15) is 0 Å². The largest absolute Gasteiger partial charge is 0.459 e. The van der Waals surface area contributed by atoms with Gasteiger partial charge in [-0.2, -0.15) is 0 Å². The summed E-state index contributed by atoms with van der Waals surface area (Å²) < 4.78 is 28.4. The number of rotatable bonds is 7. The molecular weight excluding hydrogens is 514 g/mol. The van der Waals surface area contributed by atoms with Crippen LogP contribution in [0.5, 0.6) is 0 Å². The van der Waals surface area contributed by atoms with Gasteiger partial charge in [-0.25, -0.2) is 8.42 Å². The number of furan rings is 1. The van der Waals surface area contributed by atoms with E-state index in [2.05, 4.69) is 15.5 Å². The molecule has 39 heavy (non-hydrogen) atoms. The fourth-order valence-electron chi connectivity index (χ4n) is 4.48. The first-order valence-corrected chi connectivity index (χ1v) is 14.5. The highest BCUT2D eigenvalue weighted by Gasteiger charge is 2.21. The zero-order valence-electron chi connectivity index (χ0n) is 21.5. The molecule has 3 aromatic carbocycles. The molecule has 0 atom stereocenters. The number of benzene rings is 3. The summed E-state index contributed by atoms with van der Waals surface area (Å²) in [6, 6.07) is 23.9. The maximum absolute atomic E-state index is 12.8. The van der Waals surface area contributed by atoms with E-state index in [1.807, 2.05) is 61.5 Å². The van der Waals surface area contributed by atoms with Gasteiger partial charge >= 0.3 is 0 Å². The minimum Gasteiger partial charge on any atom is -0.459 e. The predicted molar refractivity (Wildman–Crippen MR) is 152 cm³/mol. The number of nitrogens with one attached hydrogen (secondary N) is 2. The lowest BCUT2D eigenvalue weighted by molar-refractivity contribution is 0.0994. The topological polar surface area (TPSA) is 109 Å². The van der Waals surface area contributed by atoms with E-state index < -0.39 is 9.84 Å². The number of carbonyl (C=O) groups is 2. The molecule has 2 amide bonds. The standard InChI is InChI=1S/C30H29N3O5S/c1-21-4-11-26(32-30(35)28-3-2-16-38-28)19-27(21)23-7-9-24(10-8-23)29(34)31-25-12-5-22(6-13-25)20-33-14-17-39(36,37)18-15-33/h2-13,16,19H,14-15,17-18,20H2,1H3,(H,31,34)(H,32,35). The number of amides is 2. The zero-order chi connectivity index (χ0) is 27.4. The first kappa shape index (κ1) is 26.4. The van der Waals surface area contributed by atoms with Crippen LogP contribution in [0.25, 0.3) is 11.1 Å². The van der Waals surface area contributed by atoms with Crippen molar-refractivity contribution < 1.29 is 22.4 Å². The van der Waals surface area contributed by atoms with Crippen LogP contribution in [-0.4, -0.2) is 49.7 Å². The number of hydrogen-bond acceptors (Lipinski definition) is 6. The fourth-order valence-corrected chi connectivity index (χ4v) is 5.75. The molecule has 0 spiro atoms. The van der Waals surface area contributed by atoms with Gasteiger partial charge in [-0.15, -0.1) is 0 Å². The van der Waals surface area contributed by atoms with Crippen molar-refractivity contribution in [3.05, 3.63) is 108 Å². The summed E-state index contributed by atoms with van der Waals surface area (Å²) in [5.41, 5.74) is 5.83. The Balaban J connectivity index is 1.20. The second kappa shape index (κ2) is 11.3. The van der Waals surface area contributed by atoms with Gasteiger partial charge in [0.05, 0.1) is 17.8 Å². The van der Waals surface area contributed by atoms with Crippen molar-refractivity contribution in [2.45, 2.75) is 13.5 Å². The van der Waals surface area contributed by atoms with Crippen LogP contribution in [0.1, 0.15) is 32.0 Å². The van der Waals surface area contributed by atoms with E-state index in [-0.39, 0.29) is 29.1 Å². The summed E-state index contributed by atoms with van der Waals surface area (Å²) in [7, 11) is -2.90. The van der Waals surface area contributed by atoms with Crippen LogP contribution in [0.15, 0.2) is 89.5 Å². The molecule has 1 saturated heterocycles. The summed E-state index contributed by atoms with van der Waals surface area (Å²) in [6.45, 7) is 3.75. The smallest absolute Gasteiger partial charge is 0.291 e. The monoisotopic (exact) mass is 543 g/mol. The van der Waals surface area contributed by atoms with Crippen molar-refractivity contribution in [3.63, 3.8) is 0 Å². The summed E-state index contributed by atoms with van der Waals surface area (Å²) >= 11 is 0. The molecule has 1 fully saturated rings.